The molecule has 0 aliphatic heterocycles. The number of fused-ring (bicyclic) bond motifs is 1. The Morgan fingerprint density at radius 2 is 1.93 bits per heavy atom. The standard InChI is InChI=1S/C21H16ClFN4O/c1-13(14-3-2-4-15(22)9-14)26-21(28)19-10-24-12-20-18(19)11-25-27(20)17-7-5-16(23)6-8-17/h2-13H,1H3,(H,26,28)/t13-/m0/s1. The van der Waals surface area contributed by atoms with E-state index in [1.54, 1.807) is 35.3 Å². The Bertz CT molecular complexity index is 1160. The lowest BCUT2D eigenvalue weighted by molar-refractivity contribution is 0.0941. The number of amides is 1. The first kappa shape index (κ1) is 18.1. The highest BCUT2D eigenvalue weighted by atomic mass is 35.5. The molecule has 5 nitrogen and oxygen atoms in total. The molecule has 0 aliphatic rings. The van der Waals surface area contributed by atoms with Gasteiger partial charge in [0, 0.05) is 16.6 Å². The number of hydrogen-bond donors (Lipinski definition) is 1. The second-order valence-corrected chi connectivity index (χ2v) is 6.84. The van der Waals surface area contributed by atoms with E-state index in [0.29, 0.717) is 27.2 Å². The maximum atomic E-state index is 13.2. The van der Waals surface area contributed by atoms with Gasteiger partial charge in [0.1, 0.15) is 5.82 Å². The van der Waals surface area contributed by atoms with Gasteiger partial charge in [-0.05, 0) is 48.9 Å². The van der Waals surface area contributed by atoms with Crippen molar-refractivity contribution in [3.63, 3.8) is 0 Å². The van der Waals surface area contributed by atoms with Gasteiger partial charge in [0.25, 0.3) is 5.91 Å². The average molecular weight is 395 g/mol. The summed E-state index contributed by atoms with van der Waals surface area (Å²) in [7, 11) is 0. The van der Waals surface area contributed by atoms with Crippen LogP contribution in [0.25, 0.3) is 16.6 Å². The van der Waals surface area contributed by atoms with E-state index in [1.807, 2.05) is 25.1 Å². The zero-order valence-corrected chi connectivity index (χ0v) is 15.7. The first-order chi connectivity index (χ1) is 13.5. The Hall–Kier alpha value is -3.25. The van der Waals surface area contributed by atoms with Crippen molar-refractivity contribution in [1.82, 2.24) is 20.1 Å². The highest BCUT2D eigenvalue weighted by Crippen LogP contribution is 2.22. The van der Waals surface area contributed by atoms with Crippen LogP contribution in [-0.4, -0.2) is 20.7 Å². The SMILES string of the molecule is C[C@H](NC(=O)c1cncc2c1cnn2-c1ccc(F)cc1)c1cccc(Cl)c1. The van der Waals surface area contributed by atoms with Crippen LogP contribution in [0.15, 0.2) is 67.1 Å². The van der Waals surface area contributed by atoms with Crippen LogP contribution < -0.4 is 5.32 Å². The lowest BCUT2D eigenvalue weighted by Gasteiger charge is -2.15. The van der Waals surface area contributed by atoms with Crippen molar-refractivity contribution in [2.75, 3.05) is 0 Å². The van der Waals surface area contributed by atoms with Gasteiger partial charge in [-0.2, -0.15) is 5.10 Å². The van der Waals surface area contributed by atoms with Crippen LogP contribution in [0.5, 0.6) is 0 Å². The molecule has 0 bridgehead atoms. The minimum Gasteiger partial charge on any atom is -0.345 e. The van der Waals surface area contributed by atoms with Crippen molar-refractivity contribution >= 4 is 28.4 Å². The molecular formula is C21H16ClFN4O. The number of halogens is 2. The maximum absolute atomic E-state index is 13.2. The second kappa shape index (κ2) is 7.40. The predicted molar refractivity (Wildman–Crippen MR) is 106 cm³/mol. The normalized spacial score (nSPS) is 12.1. The zero-order valence-electron chi connectivity index (χ0n) is 14.9. The van der Waals surface area contributed by atoms with Crippen molar-refractivity contribution < 1.29 is 9.18 Å². The Kier molecular flexibility index (Phi) is 4.79. The molecule has 1 atom stereocenters. The van der Waals surface area contributed by atoms with Crippen LogP contribution in [0.3, 0.4) is 0 Å². The van der Waals surface area contributed by atoms with Gasteiger partial charge < -0.3 is 5.32 Å². The minimum atomic E-state index is -0.326. The summed E-state index contributed by atoms with van der Waals surface area (Å²) in [6.45, 7) is 1.89. The number of benzene rings is 2. The minimum absolute atomic E-state index is 0.228. The van der Waals surface area contributed by atoms with Gasteiger partial charge in [0.15, 0.2) is 0 Å². The summed E-state index contributed by atoms with van der Waals surface area (Å²) in [6.07, 6.45) is 4.75. The van der Waals surface area contributed by atoms with Crippen molar-refractivity contribution in [2.24, 2.45) is 0 Å². The Morgan fingerprint density at radius 1 is 1.14 bits per heavy atom. The largest absolute Gasteiger partial charge is 0.345 e. The van der Waals surface area contributed by atoms with Gasteiger partial charge in [0.05, 0.1) is 35.2 Å². The summed E-state index contributed by atoms with van der Waals surface area (Å²) in [5, 5.41) is 8.58. The predicted octanol–water partition coefficient (Wildman–Crippen LogP) is 4.70. The topological polar surface area (TPSA) is 59.8 Å². The monoisotopic (exact) mass is 394 g/mol. The fraction of sp³-hybridized carbons (Fsp3) is 0.0952. The molecule has 7 heteroatoms. The quantitative estimate of drug-likeness (QED) is 0.545. The van der Waals surface area contributed by atoms with E-state index in [4.69, 9.17) is 11.6 Å². The number of aromatic nitrogens is 3. The molecule has 1 N–H and O–H groups in total. The number of hydrogen-bond acceptors (Lipinski definition) is 3. The van der Waals surface area contributed by atoms with Gasteiger partial charge >= 0.3 is 0 Å². The molecule has 2 heterocycles. The van der Waals surface area contributed by atoms with Gasteiger partial charge in [-0.1, -0.05) is 23.7 Å². The van der Waals surface area contributed by atoms with E-state index in [1.165, 1.54) is 18.3 Å². The third-order valence-corrected chi connectivity index (χ3v) is 4.74. The van der Waals surface area contributed by atoms with Crippen LogP contribution in [0, 0.1) is 5.82 Å². The van der Waals surface area contributed by atoms with Gasteiger partial charge in [-0.15, -0.1) is 0 Å². The van der Waals surface area contributed by atoms with Gasteiger partial charge in [-0.3, -0.25) is 9.78 Å². The lowest BCUT2D eigenvalue weighted by Crippen LogP contribution is -2.26. The smallest absolute Gasteiger partial charge is 0.254 e. The fourth-order valence-corrected chi connectivity index (χ4v) is 3.24. The molecule has 140 valence electrons. The number of nitrogens with one attached hydrogen (secondary N) is 1. The Labute approximate surface area is 165 Å². The summed E-state index contributed by atoms with van der Waals surface area (Å²) in [4.78, 5) is 17.0. The van der Waals surface area contributed by atoms with Crippen molar-refractivity contribution in [3.8, 4) is 5.69 Å². The third kappa shape index (κ3) is 3.46. The zero-order chi connectivity index (χ0) is 19.7. The summed E-state index contributed by atoms with van der Waals surface area (Å²) in [6, 6.07) is 13.1. The Morgan fingerprint density at radius 3 is 2.68 bits per heavy atom. The van der Waals surface area contributed by atoms with Crippen LogP contribution in [-0.2, 0) is 0 Å². The molecule has 2 aromatic carbocycles. The maximum Gasteiger partial charge on any atom is 0.254 e. The van der Waals surface area contributed by atoms with E-state index in [0.717, 1.165) is 5.56 Å². The Balaban J connectivity index is 1.65. The van der Waals surface area contributed by atoms with Gasteiger partial charge in [-0.25, -0.2) is 9.07 Å². The van der Waals surface area contributed by atoms with Crippen molar-refractivity contribution in [3.05, 3.63) is 89.1 Å². The van der Waals surface area contributed by atoms with Crippen molar-refractivity contribution in [1.29, 1.82) is 0 Å². The summed E-state index contributed by atoms with van der Waals surface area (Å²) >= 11 is 6.03. The molecule has 0 aliphatic carbocycles. The molecule has 0 saturated carbocycles. The van der Waals surface area contributed by atoms with E-state index < -0.39 is 0 Å². The number of pyridine rings is 1. The summed E-state index contributed by atoms with van der Waals surface area (Å²) in [5.74, 6) is -0.586. The number of carbonyl (C=O) groups is 1. The molecule has 1 amide bonds. The van der Waals surface area contributed by atoms with E-state index >= 15 is 0 Å². The van der Waals surface area contributed by atoms with Crippen molar-refractivity contribution in [2.45, 2.75) is 13.0 Å². The molecular weight excluding hydrogens is 379 g/mol. The molecule has 0 fully saturated rings. The van der Waals surface area contributed by atoms with Gasteiger partial charge in [0.2, 0.25) is 0 Å². The molecule has 28 heavy (non-hydrogen) atoms. The number of carbonyl (C=O) groups excluding carboxylic acids is 1. The third-order valence-electron chi connectivity index (χ3n) is 4.51. The lowest BCUT2D eigenvalue weighted by atomic mass is 10.1. The highest BCUT2D eigenvalue weighted by Gasteiger charge is 2.17. The molecule has 0 spiro atoms. The van der Waals surface area contributed by atoms with Crippen LogP contribution in [0.1, 0.15) is 28.9 Å². The fourth-order valence-electron chi connectivity index (χ4n) is 3.04. The first-order valence-corrected chi connectivity index (χ1v) is 9.05. The number of nitrogens with zero attached hydrogens (tertiary/aromatic N) is 3. The summed E-state index contributed by atoms with van der Waals surface area (Å²) in [5.41, 5.74) is 2.67. The van der Waals surface area contributed by atoms with E-state index in [-0.39, 0.29) is 17.8 Å². The molecule has 0 radical (unpaired) electrons. The molecule has 0 unspecified atom stereocenters. The van der Waals surface area contributed by atoms with E-state index in [2.05, 4.69) is 15.4 Å². The van der Waals surface area contributed by atoms with Crippen LogP contribution in [0.4, 0.5) is 4.39 Å². The molecule has 2 aromatic heterocycles. The first-order valence-electron chi connectivity index (χ1n) is 8.67. The molecule has 4 rings (SSSR count). The highest BCUT2D eigenvalue weighted by molar-refractivity contribution is 6.30. The van der Waals surface area contributed by atoms with Crippen LogP contribution in [0.2, 0.25) is 5.02 Å². The average Bonchev–Trinajstić information content (AvgIpc) is 3.12. The summed E-state index contributed by atoms with van der Waals surface area (Å²) < 4.78 is 14.8. The molecule has 4 aromatic rings. The van der Waals surface area contributed by atoms with Crippen LogP contribution >= 0.6 is 11.6 Å². The van der Waals surface area contributed by atoms with E-state index in [9.17, 15) is 9.18 Å². The number of rotatable bonds is 4. The molecule has 0 saturated heterocycles. The second-order valence-electron chi connectivity index (χ2n) is 6.40.